The summed E-state index contributed by atoms with van der Waals surface area (Å²) in [7, 11) is 0. The molecule has 0 aliphatic carbocycles. The van der Waals surface area contributed by atoms with Crippen LogP contribution in [0, 0.1) is 19.8 Å². The van der Waals surface area contributed by atoms with Gasteiger partial charge in [0.1, 0.15) is 0 Å². The zero-order valence-corrected chi connectivity index (χ0v) is 11.3. The molecule has 18 heavy (non-hydrogen) atoms. The highest BCUT2D eigenvalue weighted by Gasteiger charge is 2.19. The van der Waals surface area contributed by atoms with Crippen LogP contribution in [0.5, 0.6) is 0 Å². The van der Waals surface area contributed by atoms with E-state index in [1.165, 1.54) is 0 Å². The summed E-state index contributed by atoms with van der Waals surface area (Å²) in [6, 6.07) is 0. The number of hydrogen-bond acceptors (Lipinski definition) is 4. The number of aromatic nitrogens is 1. The molecule has 2 heterocycles. The first kappa shape index (κ1) is 13.3. The van der Waals surface area contributed by atoms with Gasteiger partial charge in [-0.2, -0.15) is 0 Å². The monoisotopic (exact) mass is 249 g/mol. The van der Waals surface area contributed by atoms with Gasteiger partial charge < -0.3 is 10.8 Å². The minimum atomic E-state index is 0.322. The van der Waals surface area contributed by atoms with Gasteiger partial charge >= 0.3 is 0 Å². The van der Waals surface area contributed by atoms with Crippen LogP contribution >= 0.6 is 0 Å². The van der Waals surface area contributed by atoms with Crippen LogP contribution in [0.3, 0.4) is 0 Å². The molecule has 0 spiro atoms. The first-order valence-corrected chi connectivity index (χ1v) is 6.65. The predicted octanol–water partition coefficient (Wildman–Crippen LogP) is 1.48. The van der Waals surface area contributed by atoms with E-state index in [1.807, 2.05) is 20.0 Å². The summed E-state index contributed by atoms with van der Waals surface area (Å²) >= 11 is 0. The van der Waals surface area contributed by atoms with E-state index in [0.29, 0.717) is 12.5 Å². The van der Waals surface area contributed by atoms with E-state index in [9.17, 15) is 0 Å². The first-order chi connectivity index (χ1) is 8.61. The second-order valence-electron chi connectivity index (χ2n) is 5.33. The van der Waals surface area contributed by atoms with Gasteiger partial charge in [-0.15, -0.1) is 0 Å². The van der Waals surface area contributed by atoms with Crippen molar-refractivity contribution >= 4 is 5.69 Å². The molecule has 3 N–H and O–H groups in total. The zero-order valence-electron chi connectivity index (χ0n) is 11.3. The number of rotatable bonds is 3. The Labute approximate surface area is 109 Å². The Balaban J connectivity index is 2.00. The van der Waals surface area contributed by atoms with Crippen molar-refractivity contribution in [3.63, 3.8) is 0 Å². The van der Waals surface area contributed by atoms with Crippen molar-refractivity contribution in [2.24, 2.45) is 5.92 Å². The molecule has 0 atom stereocenters. The van der Waals surface area contributed by atoms with Gasteiger partial charge in [0.05, 0.1) is 5.69 Å². The molecule has 1 fully saturated rings. The number of aliphatic hydroxyl groups excluding tert-OH is 1. The molecule has 4 heteroatoms. The van der Waals surface area contributed by atoms with Gasteiger partial charge in [-0.3, -0.25) is 9.88 Å². The van der Waals surface area contributed by atoms with Crippen molar-refractivity contribution < 1.29 is 5.11 Å². The Bertz CT molecular complexity index is 412. The van der Waals surface area contributed by atoms with Crippen molar-refractivity contribution in [2.75, 3.05) is 25.4 Å². The largest absolute Gasteiger partial charge is 0.398 e. The summed E-state index contributed by atoms with van der Waals surface area (Å²) in [6.45, 7) is 7.31. The molecular formula is C14H23N3O. The maximum absolute atomic E-state index is 9.13. The van der Waals surface area contributed by atoms with E-state index in [1.54, 1.807) is 0 Å². The Morgan fingerprint density at radius 3 is 2.67 bits per heavy atom. The van der Waals surface area contributed by atoms with Gasteiger partial charge in [-0.1, -0.05) is 0 Å². The molecule has 0 saturated carbocycles. The molecule has 0 unspecified atom stereocenters. The highest BCUT2D eigenvalue weighted by molar-refractivity contribution is 5.53. The molecule has 0 radical (unpaired) electrons. The summed E-state index contributed by atoms with van der Waals surface area (Å²) in [5.74, 6) is 0.485. The van der Waals surface area contributed by atoms with Crippen LogP contribution in [0.4, 0.5) is 5.69 Å². The van der Waals surface area contributed by atoms with E-state index in [4.69, 9.17) is 10.8 Å². The summed E-state index contributed by atoms with van der Waals surface area (Å²) in [4.78, 5) is 6.90. The third-order valence-electron chi connectivity index (χ3n) is 4.01. The van der Waals surface area contributed by atoms with Gasteiger partial charge in [0.25, 0.3) is 0 Å². The number of anilines is 1. The standard InChI is InChI=1S/C14H23N3O/c1-10-7-16-13(11(2)14(10)15)8-17-5-3-12(9-18)4-6-17/h7,12,18H,3-6,8-9H2,1-2H3,(H2,15,16). The molecule has 1 saturated heterocycles. The molecule has 0 bridgehead atoms. The van der Waals surface area contributed by atoms with Gasteiger partial charge in [0.15, 0.2) is 0 Å². The minimum Gasteiger partial charge on any atom is -0.398 e. The molecule has 0 aromatic carbocycles. The number of likely N-dealkylation sites (tertiary alicyclic amines) is 1. The van der Waals surface area contributed by atoms with Crippen LogP contribution in [0.15, 0.2) is 6.20 Å². The van der Waals surface area contributed by atoms with Crippen molar-refractivity contribution in [3.8, 4) is 0 Å². The molecule has 1 aliphatic heterocycles. The van der Waals surface area contributed by atoms with Crippen LogP contribution in [-0.4, -0.2) is 34.7 Å². The van der Waals surface area contributed by atoms with E-state index in [2.05, 4.69) is 9.88 Å². The fourth-order valence-corrected chi connectivity index (χ4v) is 2.49. The number of aryl methyl sites for hydroxylation is 1. The normalized spacial score (nSPS) is 18.2. The van der Waals surface area contributed by atoms with Crippen LogP contribution in [-0.2, 0) is 6.54 Å². The van der Waals surface area contributed by atoms with Gasteiger partial charge in [0, 0.05) is 25.0 Å². The van der Waals surface area contributed by atoms with Crippen molar-refractivity contribution in [1.82, 2.24) is 9.88 Å². The van der Waals surface area contributed by atoms with Gasteiger partial charge in [-0.25, -0.2) is 0 Å². The number of nitrogen functional groups attached to an aromatic ring is 1. The zero-order chi connectivity index (χ0) is 13.1. The average molecular weight is 249 g/mol. The van der Waals surface area contributed by atoms with Crippen LogP contribution in [0.2, 0.25) is 0 Å². The fourth-order valence-electron chi connectivity index (χ4n) is 2.49. The van der Waals surface area contributed by atoms with E-state index in [-0.39, 0.29) is 0 Å². The number of aliphatic hydroxyl groups is 1. The maximum Gasteiger partial charge on any atom is 0.0593 e. The first-order valence-electron chi connectivity index (χ1n) is 6.65. The predicted molar refractivity (Wildman–Crippen MR) is 73.2 cm³/mol. The van der Waals surface area contributed by atoms with Crippen LogP contribution < -0.4 is 5.73 Å². The van der Waals surface area contributed by atoms with E-state index >= 15 is 0 Å². The Morgan fingerprint density at radius 1 is 1.39 bits per heavy atom. The lowest BCUT2D eigenvalue weighted by Gasteiger charge is -2.31. The number of piperidine rings is 1. The minimum absolute atomic E-state index is 0.322. The maximum atomic E-state index is 9.13. The smallest absolute Gasteiger partial charge is 0.0593 e. The molecule has 2 rings (SSSR count). The Kier molecular flexibility index (Phi) is 4.19. The summed E-state index contributed by atoms with van der Waals surface area (Å²) < 4.78 is 0. The summed E-state index contributed by atoms with van der Waals surface area (Å²) in [6.07, 6.45) is 4.02. The van der Waals surface area contributed by atoms with Gasteiger partial charge in [-0.05, 0) is 56.8 Å². The lowest BCUT2D eigenvalue weighted by atomic mass is 9.97. The Morgan fingerprint density at radius 2 is 2.06 bits per heavy atom. The van der Waals surface area contributed by atoms with Crippen molar-refractivity contribution in [3.05, 3.63) is 23.0 Å². The highest BCUT2D eigenvalue weighted by atomic mass is 16.3. The Hall–Kier alpha value is -1.13. The third kappa shape index (κ3) is 2.82. The summed E-state index contributed by atoms with van der Waals surface area (Å²) in [5.41, 5.74) is 10.2. The summed E-state index contributed by atoms with van der Waals surface area (Å²) in [5, 5.41) is 9.13. The number of nitrogens with zero attached hydrogens (tertiary/aromatic N) is 2. The second-order valence-corrected chi connectivity index (χ2v) is 5.33. The average Bonchev–Trinajstić information content (AvgIpc) is 2.40. The van der Waals surface area contributed by atoms with E-state index < -0.39 is 0 Å². The number of pyridine rings is 1. The molecule has 100 valence electrons. The van der Waals surface area contributed by atoms with E-state index in [0.717, 1.165) is 55.0 Å². The molecular weight excluding hydrogens is 226 g/mol. The van der Waals surface area contributed by atoms with Crippen LogP contribution in [0.1, 0.15) is 29.7 Å². The van der Waals surface area contributed by atoms with Gasteiger partial charge in [0.2, 0.25) is 0 Å². The highest BCUT2D eigenvalue weighted by Crippen LogP contribution is 2.22. The topological polar surface area (TPSA) is 62.4 Å². The van der Waals surface area contributed by atoms with Crippen LogP contribution in [0.25, 0.3) is 0 Å². The van der Waals surface area contributed by atoms with Crippen molar-refractivity contribution in [2.45, 2.75) is 33.2 Å². The number of nitrogens with two attached hydrogens (primary N) is 1. The lowest BCUT2D eigenvalue weighted by molar-refractivity contribution is 0.126. The van der Waals surface area contributed by atoms with Crippen molar-refractivity contribution in [1.29, 1.82) is 0 Å². The molecule has 1 aromatic rings. The number of hydrogen-bond donors (Lipinski definition) is 2. The SMILES string of the molecule is Cc1cnc(CN2CCC(CO)CC2)c(C)c1N. The lowest BCUT2D eigenvalue weighted by Crippen LogP contribution is -2.34. The fraction of sp³-hybridized carbons (Fsp3) is 0.643. The quantitative estimate of drug-likeness (QED) is 0.852. The second kappa shape index (κ2) is 5.67. The molecule has 1 aromatic heterocycles. The molecule has 4 nitrogen and oxygen atoms in total. The molecule has 1 aliphatic rings. The third-order valence-corrected chi connectivity index (χ3v) is 4.01. The molecule has 0 amide bonds.